The van der Waals surface area contributed by atoms with Crippen LogP contribution in [0.1, 0.15) is 47.7 Å². The van der Waals surface area contributed by atoms with Crippen LogP contribution in [0, 0.1) is 5.92 Å². The summed E-state index contributed by atoms with van der Waals surface area (Å²) in [6, 6.07) is 16.6. The SMILES string of the molecule is CCC(C)[C@H](NC(=O)OCC1c2ccccc2-c2ccccc21)C(=O)Nc1cncc(C(=O)O)c1. The number of hydrogen-bond donors (Lipinski definition) is 3. The first-order valence-corrected chi connectivity index (χ1v) is 11.5. The van der Waals surface area contributed by atoms with Crippen molar-refractivity contribution >= 4 is 23.7 Å². The maximum Gasteiger partial charge on any atom is 0.407 e. The fourth-order valence-corrected chi connectivity index (χ4v) is 4.31. The molecule has 1 aromatic heterocycles. The number of aromatic carboxylic acids is 1. The molecule has 0 spiro atoms. The lowest BCUT2D eigenvalue weighted by molar-refractivity contribution is -0.119. The fourth-order valence-electron chi connectivity index (χ4n) is 4.31. The van der Waals surface area contributed by atoms with E-state index in [0.29, 0.717) is 6.42 Å². The van der Waals surface area contributed by atoms with E-state index < -0.39 is 24.0 Å². The molecule has 1 aliphatic carbocycles. The second-order valence-corrected chi connectivity index (χ2v) is 8.59. The van der Waals surface area contributed by atoms with E-state index in [0.717, 1.165) is 22.3 Å². The number of benzene rings is 2. The molecule has 0 aliphatic heterocycles. The van der Waals surface area contributed by atoms with Gasteiger partial charge in [0.25, 0.3) is 0 Å². The number of carboxylic acids is 1. The Bertz CT molecular complexity index is 1210. The molecule has 3 N–H and O–H groups in total. The van der Waals surface area contributed by atoms with E-state index in [2.05, 4.69) is 27.8 Å². The van der Waals surface area contributed by atoms with Crippen LogP contribution in [0.3, 0.4) is 0 Å². The summed E-state index contributed by atoms with van der Waals surface area (Å²) in [7, 11) is 0. The van der Waals surface area contributed by atoms with Gasteiger partial charge in [-0.25, -0.2) is 9.59 Å². The molecule has 0 bridgehead atoms. The Morgan fingerprint density at radius 1 is 1.03 bits per heavy atom. The van der Waals surface area contributed by atoms with Crippen LogP contribution in [0.4, 0.5) is 10.5 Å². The number of carbonyl (C=O) groups is 3. The van der Waals surface area contributed by atoms with Crippen molar-refractivity contribution in [1.29, 1.82) is 0 Å². The van der Waals surface area contributed by atoms with Crippen molar-refractivity contribution in [2.24, 2.45) is 5.92 Å². The number of alkyl carbamates (subject to hydrolysis) is 1. The smallest absolute Gasteiger partial charge is 0.407 e. The van der Waals surface area contributed by atoms with Crippen molar-refractivity contribution < 1.29 is 24.2 Å². The summed E-state index contributed by atoms with van der Waals surface area (Å²) in [5, 5.41) is 14.5. The highest BCUT2D eigenvalue weighted by molar-refractivity contribution is 5.97. The number of fused-ring (bicyclic) bond motifs is 3. The molecule has 4 rings (SSSR count). The minimum absolute atomic E-state index is 0.0487. The molecule has 0 fully saturated rings. The minimum atomic E-state index is -1.15. The van der Waals surface area contributed by atoms with Crippen molar-refractivity contribution in [1.82, 2.24) is 10.3 Å². The number of amides is 2. The summed E-state index contributed by atoms with van der Waals surface area (Å²) in [5.74, 6) is -1.90. The van der Waals surface area contributed by atoms with Gasteiger partial charge < -0.3 is 20.5 Å². The summed E-state index contributed by atoms with van der Waals surface area (Å²) in [6.07, 6.45) is 2.49. The number of nitrogens with one attached hydrogen (secondary N) is 2. The van der Waals surface area contributed by atoms with Gasteiger partial charge in [0.2, 0.25) is 5.91 Å². The number of nitrogens with zero attached hydrogens (tertiary/aromatic N) is 1. The quantitative estimate of drug-likeness (QED) is 0.438. The van der Waals surface area contributed by atoms with E-state index >= 15 is 0 Å². The number of ether oxygens (including phenoxy) is 1. The highest BCUT2D eigenvalue weighted by atomic mass is 16.5. The zero-order valence-electron chi connectivity index (χ0n) is 19.5. The summed E-state index contributed by atoms with van der Waals surface area (Å²) in [6.45, 7) is 3.90. The molecule has 2 amide bonds. The van der Waals surface area contributed by atoms with Crippen LogP contribution < -0.4 is 10.6 Å². The lowest BCUT2D eigenvalue weighted by Crippen LogP contribution is -2.48. The summed E-state index contributed by atoms with van der Waals surface area (Å²) >= 11 is 0. The molecule has 0 saturated carbocycles. The zero-order chi connectivity index (χ0) is 24.9. The van der Waals surface area contributed by atoms with Crippen molar-refractivity contribution in [3.63, 3.8) is 0 Å². The topological polar surface area (TPSA) is 118 Å². The van der Waals surface area contributed by atoms with E-state index in [9.17, 15) is 14.4 Å². The molecule has 1 unspecified atom stereocenters. The van der Waals surface area contributed by atoms with E-state index in [4.69, 9.17) is 9.84 Å². The maximum atomic E-state index is 13.0. The highest BCUT2D eigenvalue weighted by Crippen LogP contribution is 2.44. The largest absolute Gasteiger partial charge is 0.478 e. The van der Waals surface area contributed by atoms with E-state index in [1.54, 1.807) is 0 Å². The monoisotopic (exact) mass is 473 g/mol. The third kappa shape index (κ3) is 5.16. The van der Waals surface area contributed by atoms with Crippen LogP contribution in [0.2, 0.25) is 0 Å². The maximum absolute atomic E-state index is 13.0. The highest BCUT2D eigenvalue weighted by Gasteiger charge is 2.31. The van der Waals surface area contributed by atoms with Crippen molar-refractivity contribution in [2.75, 3.05) is 11.9 Å². The molecule has 35 heavy (non-hydrogen) atoms. The van der Waals surface area contributed by atoms with Crippen LogP contribution in [-0.4, -0.2) is 40.7 Å². The molecule has 2 aromatic carbocycles. The zero-order valence-corrected chi connectivity index (χ0v) is 19.5. The second-order valence-electron chi connectivity index (χ2n) is 8.59. The molecule has 0 radical (unpaired) electrons. The van der Waals surface area contributed by atoms with Gasteiger partial charge in [-0.2, -0.15) is 0 Å². The van der Waals surface area contributed by atoms with E-state index in [1.165, 1.54) is 18.5 Å². The van der Waals surface area contributed by atoms with Gasteiger partial charge >= 0.3 is 12.1 Å². The lowest BCUT2D eigenvalue weighted by Gasteiger charge is -2.24. The Hall–Kier alpha value is -4.20. The molecular weight excluding hydrogens is 446 g/mol. The van der Waals surface area contributed by atoms with Crippen molar-refractivity contribution in [3.05, 3.63) is 83.7 Å². The first-order valence-electron chi connectivity index (χ1n) is 11.5. The van der Waals surface area contributed by atoms with Crippen LogP contribution >= 0.6 is 0 Å². The molecule has 180 valence electrons. The van der Waals surface area contributed by atoms with Crippen LogP contribution in [0.25, 0.3) is 11.1 Å². The number of anilines is 1. The average molecular weight is 474 g/mol. The molecule has 8 nitrogen and oxygen atoms in total. The third-order valence-corrected chi connectivity index (χ3v) is 6.37. The van der Waals surface area contributed by atoms with Crippen LogP contribution in [0.15, 0.2) is 67.0 Å². The molecular formula is C27H27N3O5. The number of rotatable bonds is 8. The van der Waals surface area contributed by atoms with Crippen LogP contribution in [0.5, 0.6) is 0 Å². The Kier molecular flexibility index (Phi) is 7.10. The number of carbonyl (C=O) groups excluding carboxylic acids is 2. The number of pyridine rings is 1. The van der Waals surface area contributed by atoms with Gasteiger partial charge in [0.05, 0.1) is 17.4 Å². The Labute approximate surface area is 203 Å². The van der Waals surface area contributed by atoms with Gasteiger partial charge in [-0.1, -0.05) is 68.8 Å². The standard InChI is InChI=1S/C27H27N3O5/c1-3-16(2)24(25(31)29-18-12-17(26(32)33)13-28-14-18)30-27(34)35-15-23-21-10-6-4-8-19(21)20-9-5-7-11-22(20)23/h4-14,16,23-24H,3,15H2,1-2H3,(H,29,31)(H,30,34)(H,32,33)/t16?,24-/m0/s1. The molecule has 0 saturated heterocycles. The van der Waals surface area contributed by atoms with Gasteiger partial charge in [0.1, 0.15) is 12.6 Å². The number of carboxylic acid groups (broad SMARTS) is 1. The van der Waals surface area contributed by atoms with Gasteiger partial charge in [0, 0.05) is 12.1 Å². The molecule has 1 aliphatic rings. The molecule has 3 aromatic rings. The third-order valence-electron chi connectivity index (χ3n) is 6.37. The minimum Gasteiger partial charge on any atom is -0.478 e. The summed E-state index contributed by atoms with van der Waals surface area (Å²) < 4.78 is 5.60. The molecule has 8 heteroatoms. The Balaban J connectivity index is 1.44. The fraction of sp³-hybridized carbons (Fsp3) is 0.259. The van der Waals surface area contributed by atoms with Gasteiger partial charge in [-0.3, -0.25) is 9.78 Å². The van der Waals surface area contributed by atoms with E-state index in [1.807, 2.05) is 50.2 Å². The normalized spacial score (nSPS) is 13.8. The predicted octanol–water partition coefficient (Wildman–Crippen LogP) is 4.67. The average Bonchev–Trinajstić information content (AvgIpc) is 3.19. The number of aromatic nitrogens is 1. The van der Waals surface area contributed by atoms with E-state index in [-0.39, 0.29) is 29.7 Å². The molecule has 1 heterocycles. The van der Waals surface area contributed by atoms with Crippen molar-refractivity contribution in [2.45, 2.75) is 32.2 Å². The summed E-state index contributed by atoms with van der Waals surface area (Å²) in [5.41, 5.74) is 4.65. The second kappa shape index (κ2) is 10.4. The summed E-state index contributed by atoms with van der Waals surface area (Å²) in [4.78, 5) is 40.7. The van der Waals surface area contributed by atoms with Crippen LogP contribution in [-0.2, 0) is 9.53 Å². The number of hydrogen-bond acceptors (Lipinski definition) is 5. The Morgan fingerprint density at radius 2 is 1.66 bits per heavy atom. The Morgan fingerprint density at radius 3 is 2.26 bits per heavy atom. The van der Waals surface area contributed by atoms with Gasteiger partial charge in [-0.05, 0) is 34.2 Å². The first kappa shape index (κ1) is 23.9. The van der Waals surface area contributed by atoms with Gasteiger partial charge in [-0.15, -0.1) is 0 Å². The first-order chi connectivity index (χ1) is 16.9. The van der Waals surface area contributed by atoms with Gasteiger partial charge in [0.15, 0.2) is 0 Å². The predicted molar refractivity (Wildman–Crippen MR) is 131 cm³/mol. The van der Waals surface area contributed by atoms with Crippen molar-refractivity contribution in [3.8, 4) is 11.1 Å². The lowest BCUT2D eigenvalue weighted by atomic mass is 9.98. The molecule has 2 atom stereocenters.